The van der Waals surface area contributed by atoms with E-state index >= 15 is 0 Å². The molecule has 106 valence electrons. The van der Waals surface area contributed by atoms with Gasteiger partial charge in [0.15, 0.2) is 0 Å². The molecule has 21 heavy (non-hydrogen) atoms. The summed E-state index contributed by atoms with van der Waals surface area (Å²) < 4.78 is 13.1. The summed E-state index contributed by atoms with van der Waals surface area (Å²) in [6, 6.07) is 18.8. The number of nitrogens with zero attached hydrogens (tertiary/aromatic N) is 1. The first-order valence-electron chi connectivity index (χ1n) is 6.90. The number of halogens is 1. The molecule has 0 bridgehead atoms. The van der Waals surface area contributed by atoms with Gasteiger partial charge in [-0.2, -0.15) is 0 Å². The van der Waals surface area contributed by atoms with Gasteiger partial charge in [0.05, 0.1) is 0 Å². The van der Waals surface area contributed by atoms with Gasteiger partial charge in [-0.25, -0.2) is 4.39 Å². The number of hydrogen-bond acceptors (Lipinski definition) is 2. The van der Waals surface area contributed by atoms with E-state index < -0.39 is 0 Å². The Morgan fingerprint density at radius 1 is 0.905 bits per heavy atom. The minimum atomic E-state index is -0.226. The highest BCUT2D eigenvalue weighted by Crippen LogP contribution is 2.32. The molecule has 0 saturated carbocycles. The SMILES string of the molecule is CN(c1ccc(F)cc1)c1ccc(CN)c2ccccc12. The monoisotopic (exact) mass is 280 g/mol. The van der Waals surface area contributed by atoms with E-state index in [-0.39, 0.29) is 5.82 Å². The molecule has 3 aromatic rings. The predicted molar refractivity (Wildman–Crippen MR) is 86.3 cm³/mol. The minimum absolute atomic E-state index is 0.226. The highest BCUT2D eigenvalue weighted by molar-refractivity contribution is 5.98. The van der Waals surface area contributed by atoms with Gasteiger partial charge in [0.25, 0.3) is 0 Å². The summed E-state index contributed by atoms with van der Waals surface area (Å²) in [5.74, 6) is -0.226. The molecule has 0 unspecified atom stereocenters. The molecule has 0 spiro atoms. The summed E-state index contributed by atoms with van der Waals surface area (Å²) in [6.45, 7) is 0.515. The molecular formula is C18H17FN2. The van der Waals surface area contributed by atoms with Crippen LogP contribution in [0.4, 0.5) is 15.8 Å². The van der Waals surface area contributed by atoms with Crippen LogP contribution in [-0.2, 0) is 6.54 Å². The average Bonchev–Trinajstić information content (AvgIpc) is 2.54. The van der Waals surface area contributed by atoms with Gasteiger partial charge in [-0.15, -0.1) is 0 Å². The quantitative estimate of drug-likeness (QED) is 0.779. The molecule has 3 aromatic carbocycles. The Kier molecular flexibility index (Phi) is 3.59. The van der Waals surface area contributed by atoms with Crippen LogP contribution in [-0.4, -0.2) is 7.05 Å². The smallest absolute Gasteiger partial charge is 0.123 e. The third kappa shape index (κ3) is 2.48. The summed E-state index contributed by atoms with van der Waals surface area (Å²) in [6.07, 6.45) is 0. The highest BCUT2D eigenvalue weighted by Gasteiger charge is 2.10. The van der Waals surface area contributed by atoms with Crippen LogP contribution in [0.25, 0.3) is 10.8 Å². The van der Waals surface area contributed by atoms with Crippen LogP contribution in [0.5, 0.6) is 0 Å². The lowest BCUT2D eigenvalue weighted by Crippen LogP contribution is -2.10. The molecular weight excluding hydrogens is 263 g/mol. The van der Waals surface area contributed by atoms with Crippen LogP contribution < -0.4 is 10.6 Å². The lowest BCUT2D eigenvalue weighted by atomic mass is 10.0. The Morgan fingerprint density at radius 2 is 1.57 bits per heavy atom. The van der Waals surface area contributed by atoms with Gasteiger partial charge in [0.1, 0.15) is 5.82 Å². The van der Waals surface area contributed by atoms with E-state index in [0.717, 1.165) is 27.7 Å². The number of anilines is 2. The molecule has 0 aliphatic rings. The van der Waals surface area contributed by atoms with Crippen molar-refractivity contribution in [2.75, 3.05) is 11.9 Å². The minimum Gasteiger partial charge on any atom is -0.344 e. The summed E-state index contributed by atoms with van der Waals surface area (Å²) in [4.78, 5) is 2.06. The van der Waals surface area contributed by atoms with Gasteiger partial charge in [0.2, 0.25) is 0 Å². The standard InChI is InChI=1S/C18H17FN2/c1-21(15-9-7-14(19)8-10-15)18-11-6-13(12-20)16-4-2-3-5-17(16)18/h2-11H,12,20H2,1H3. The van der Waals surface area contributed by atoms with Crippen molar-refractivity contribution in [3.05, 3.63) is 72.0 Å². The summed E-state index contributed by atoms with van der Waals surface area (Å²) >= 11 is 0. The second kappa shape index (κ2) is 5.54. The van der Waals surface area contributed by atoms with Gasteiger partial charge >= 0.3 is 0 Å². The van der Waals surface area contributed by atoms with Crippen LogP contribution in [0.15, 0.2) is 60.7 Å². The maximum Gasteiger partial charge on any atom is 0.123 e. The van der Waals surface area contributed by atoms with Crippen molar-refractivity contribution in [1.82, 2.24) is 0 Å². The van der Waals surface area contributed by atoms with Crippen molar-refractivity contribution in [1.29, 1.82) is 0 Å². The van der Waals surface area contributed by atoms with Gasteiger partial charge in [-0.1, -0.05) is 30.3 Å². The Labute approximate surface area is 123 Å². The number of rotatable bonds is 3. The van der Waals surface area contributed by atoms with Gasteiger partial charge in [-0.3, -0.25) is 0 Å². The van der Waals surface area contributed by atoms with Crippen molar-refractivity contribution < 1.29 is 4.39 Å². The van der Waals surface area contributed by atoms with Gasteiger partial charge < -0.3 is 10.6 Å². The van der Waals surface area contributed by atoms with E-state index in [2.05, 4.69) is 29.2 Å². The fraction of sp³-hybridized carbons (Fsp3) is 0.111. The van der Waals surface area contributed by atoms with Crippen LogP contribution in [0.1, 0.15) is 5.56 Å². The molecule has 0 amide bonds. The summed E-state index contributed by atoms with van der Waals surface area (Å²) in [5, 5.41) is 2.30. The normalized spacial score (nSPS) is 10.8. The first-order chi connectivity index (χ1) is 10.2. The topological polar surface area (TPSA) is 29.3 Å². The molecule has 0 atom stereocenters. The largest absolute Gasteiger partial charge is 0.344 e. The molecule has 0 aliphatic heterocycles. The van der Waals surface area contributed by atoms with Crippen LogP contribution >= 0.6 is 0 Å². The van der Waals surface area contributed by atoms with Gasteiger partial charge in [-0.05, 0) is 41.3 Å². The van der Waals surface area contributed by atoms with Crippen LogP contribution in [0, 0.1) is 5.82 Å². The van der Waals surface area contributed by atoms with Crippen molar-refractivity contribution in [2.45, 2.75) is 6.54 Å². The van der Waals surface area contributed by atoms with Crippen molar-refractivity contribution in [3.63, 3.8) is 0 Å². The second-order valence-corrected chi connectivity index (χ2v) is 5.03. The maximum absolute atomic E-state index is 13.1. The fourth-order valence-electron chi connectivity index (χ4n) is 2.62. The Bertz CT molecular complexity index is 766. The zero-order valence-electron chi connectivity index (χ0n) is 11.9. The summed E-state index contributed by atoms with van der Waals surface area (Å²) in [7, 11) is 1.98. The van der Waals surface area contributed by atoms with E-state index in [4.69, 9.17) is 5.73 Å². The Hall–Kier alpha value is -2.39. The van der Waals surface area contributed by atoms with Gasteiger partial charge in [0, 0.05) is 30.4 Å². The van der Waals surface area contributed by atoms with E-state index in [0.29, 0.717) is 6.54 Å². The van der Waals surface area contributed by atoms with Crippen molar-refractivity contribution >= 4 is 22.1 Å². The number of hydrogen-bond donors (Lipinski definition) is 1. The third-order valence-corrected chi connectivity index (χ3v) is 3.79. The highest BCUT2D eigenvalue weighted by atomic mass is 19.1. The first kappa shape index (κ1) is 13.6. The zero-order chi connectivity index (χ0) is 14.8. The van der Waals surface area contributed by atoms with E-state index in [1.165, 1.54) is 12.1 Å². The zero-order valence-corrected chi connectivity index (χ0v) is 11.9. The van der Waals surface area contributed by atoms with Crippen LogP contribution in [0.3, 0.4) is 0 Å². The molecule has 0 heterocycles. The number of benzene rings is 3. The van der Waals surface area contributed by atoms with E-state index in [1.807, 2.05) is 19.2 Å². The van der Waals surface area contributed by atoms with E-state index in [9.17, 15) is 4.39 Å². The third-order valence-electron chi connectivity index (χ3n) is 3.79. The summed E-state index contributed by atoms with van der Waals surface area (Å²) in [5.41, 5.74) is 8.97. The number of nitrogens with two attached hydrogens (primary N) is 1. The Balaban J connectivity index is 2.14. The molecule has 2 nitrogen and oxygen atoms in total. The average molecular weight is 280 g/mol. The molecule has 0 aromatic heterocycles. The Morgan fingerprint density at radius 3 is 2.24 bits per heavy atom. The molecule has 0 aliphatic carbocycles. The predicted octanol–water partition coefficient (Wildman–Crippen LogP) is 4.21. The molecule has 2 N–H and O–H groups in total. The molecule has 3 heteroatoms. The second-order valence-electron chi connectivity index (χ2n) is 5.03. The lowest BCUT2D eigenvalue weighted by Gasteiger charge is -2.22. The van der Waals surface area contributed by atoms with Crippen molar-refractivity contribution in [3.8, 4) is 0 Å². The van der Waals surface area contributed by atoms with E-state index in [1.54, 1.807) is 12.1 Å². The van der Waals surface area contributed by atoms with Crippen LogP contribution in [0.2, 0.25) is 0 Å². The molecule has 0 fully saturated rings. The fourth-order valence-corrected chi connectivity index (χ4v) is 2.62. The molecule has 3 rings (SSSR count). The number of fused-ring (bicyclic) bond motifs is 1. The lowest BCUT2D eigenvalue weighted by molar-refractivity contribution is 0.628. The maximum atomic E-state index is 13.1. The molecule has 0 radical (unpaired) electrons. The first-order valence-corrected chi connectivity index (χ1v) is 6.90. The van der Waals surface area contributed by atoms with Crippen molar-refractivity contribution in [2.24, 2.45) is 5.73 Å². The molecule has 0 saturated heterocycles.